The van der Waals surface area contributed by atoms with Crippen LogP contribution in [0.1, 0.15) is 18.4 Å². The van der Waals surface area contributed by atoms with E-state index in [4.69, 9.17) is 0 Å². The van der Waals surface area contributed by atoms with E-state index in [-0.39, 0.29) is 30.1 Å². The van der Waals surface area contributed by atoms with Crippen molar-refractivity contribution in [3.8, 4) is 0 Å². The summed E-state index contributed by atoms with van der Waals surface area (Å²) in [4.78, 5) is 41.2. The fourth-order valence-corrected chi connectivity index (χ4v) is 3.02. The molecule has 1 heterocycles. The molecular formula is C20H20N4O4. The van der Waals surface area contributed by atoms with Crippen LogP contribution in [0.5, 0.6) is 0 Å². The average Bonchev–Trinajstić information content (AvgIpc) is 2.70. The van der Waals surface area contributed by atoms with Crippen molar-refractivity contribution >= 4 is 22.5 Å². The first-order chi connectivity index (χ1) is 13.5. The number of nitro benzene ring substituents is 1. The molecule has 0 spiro atoms. The van der Waals surface area contributed by atoms with Crippen molar-refractivity contribution in [2.75, 3.05) is 7.05 Å². The molecule has 0 aliphatic carbocycles. The molecule has 0 atom stereocenters. The highest BCUT2D eigenvalue weighted by Gasteiger charge is 2.16. The van der Waals surface area contributed by atoms with Gasteiger partial charge in [0.2, 0.25) is 5.91 Å². The van der Waals surface area contributed by atoms with Crippen LogP contribution in [0.4, 0.5) is 5.69 Å². The molecule has 0 saturated carbocycles. The molecule has 144 valence electrons. The highest BCUT2D eigenvalue weighted by Crippen LogP contribution is 2.19. The molecule has 0 saturated heterocycles. The maximum atomic E-state index is 12.4. The third-order valence-corrected chi connectivity index (χ3v) is 4.54. The number of hydrogen-bond donors (Lipinski definition) is 0. The number of hydrogen-bond acceptors (Lipinski definition) is 5. The minimum absolute atomic E-state index is 0.00376. The van der Waals surface area contributed by atoms with Crippen LogP contribution < -0.4 is 5.56 Å². The number of aryl methyl sites for hydroxylation is 1. The van der Waals surface area contributed by atoms with Gasteiger partial charge in [-0.1, -0.05) is 30.3 Å². The molecule has 3 aromatic rings. The Labute approximate surface area is 161 Å². The van der Waals surface area contributed by atoms with Crippen molar-refractivity contribution in [2.24, 2.45) is 0 Å². The van der Waals surface area contributed by atoms with Gasteiger partial charge in [-0.2, -0.15) is 0 Å². The molecule has 0 aliphatic rings. The van der Waals surface area contributed by atoms with Crippen molar-refractivity contribution in [1.29, 1.82) is 0 Å². The molecule has 8 nitrogen and oxygen atoms in total. The number of fused-ring (bicyclic) bond motifs is 1. The molecular weight excluding hydrogens is 360 g/mol. The lowest BCUT2D eigenvalue weighted by atomic mass is 10.1. The van der Waals surface area contributed by atoms with Gasteiger partial charge in [0.15, 0.2) is 0 Å². The molecule has 0 radical (unpaired) electrons. The second-order valence-corrected chi connectivity index (χ2v) is 6.50. The SMILES string of the molecule is CN(Cc1ccccc1[N+](=O)[O-])C(=O)CCCn1cnc2ccccc2c1=O. The van der Waals surface area contributed by atoms with Crippen LogP contribution in [-0.2, 0) is 17.9 Å². The standard InChI is InChI=1S/C20H20N4O4/c1-22(13-15-7-2-5-10-18(15)24(27)28)19(25)11-6-12-23-14-21-17-9-4-3-8-16(17)20(23)26/h2-5,7-10,14H,6,11-13H2,1H3. The summed E-state index contributed by atoms with van der Waals surface area (Å²) in [5.74, 6) is -0.139. The minimum Gasteiger partial charge on any atom is -0.341 e. The van der Waals surface area contributed by atoms with Crippen LogP contribution in [0.2, 0.25) is 0 Å². The summed E-state index contributed by atoms with van der Waals surface area (Å²) in [6, 6.07) is 13.5. The number of para-hydroxylation sites is 2. The van der Waals surface area contributed by atoms with E-state index in [9.17, 15) is 19.7 Å². The summed E-state index contributed by atoms with van der Waals surface area (Å²) in [5, 5.41) is 11.6. The minimum atomic E-state index is -0.452. The van der Waals surface area contributed by atoms with E-state index < -0.39 is 4.92 Å². The zero-order valence-electron chi connectivity index (χ0n) is 15.4. The van der Waals surface area contributed by atoms with E-state index in [1.165, 1.54) is 21.9 Å². The smallest absolute Gasteiger partial charge is 0.274 e. The maximum Gasteiger partial charge on any atom is 0.274 e. The van der Waals surface area contributed by atoms with E-state index in [0.29, 0.717) is 29.4 Å². The number of carbonyl (C=O) groups is 1. The predicted molar refractivity (Wildman–Crippen MR) is 105 cm³/mol. The van der Waals surface area contributed by atoms with Gasteiger partial charge >= 0.3 is 0 Å². The zero-order chi connectivity index (χ0) is 20.1. The molecule has 0 bridgehead atoms. The Morgan fingerprint density at radius 3 is 2.68 bits per heavy atom. The van der Waals surface area contributed by atoms with Gasteiger partial charge in [-0.25, -0.2) is 4.98 Å². The van der Waals surface area contributed by atoms with E-state index in [2.05, 4.69) is 4.98 Å². The quantitative estimate of drug-likeness (QED) is 0.464. The third kappa shape index (κ3) is 4.22. The first-order valence-electron chi connectivity index (χ1n) is 8.88. The van der Waals surface area contributed by atoms with Crippen LogP contribution in [0, 0.1) is 10.1 Å². The van der Waals surface area contributed by atoms with Crippen molar-refractivity contribution < 1.29 is 9.72 Å². The Balaban J connectivity index is 1.59. The van der Waals surface area contributed by atoms with E-state index in [1.807, 2.05) is 6.07 Å². The number of carbonyl (C=O) groups excluding carboxylic acids is 1. The van der Waals surface area contributed by atoms with Gasteiger partial charge in [0.05, 0.1) is 28.7 Å². The molecule has 28 heavy (non-hydrogen) atoms. The number of nitrogens with zero attached hydrogens (tertiary/aromatic N) is 4. The summed E-state index contributed by atoms with van der Waals surface area (Å²) in [7, 11) is 1.61. The van der Waals surface area contributed by atoms with Crippen LogP contribution in [0.3, 0.4) is 0 Å². The lowest BCUT2D eigenvalue weighted by Crippen LogP contribution is -2.27. The summed E-state index contributed by atoms with van der Waals surface area (Å²) in [5.41, 5.74) is 0.990. The molecule has 0 fully saturated rings. The zero-order valence-corrected chi connectivity index (χ0v) is 15.4. The number of aromatic nitrogens is 2. The van der Waals surface area contributed by atoms with Gasteiger partial charge in [-0.05, 0) is 18.6 Å². The molecule has 2 aromatic carbocycles. The Bertz CT molecular complexity index is 1080. The lowest BCUT2D eigenvalue weighted by Gasteiger charge is -2.17. The topological polar surface area (TPSA) is 98.3 Å². The van der Waals surface area contributed by atoms with Crippen molar-refractivity contribution in [2.45, 2.75) is 25.9 Å². The fourth-order valence-electron chi connectivity index (χ4n) is 3.02. The summed E-state index contributed by atoms with van der Waals surface area (Å²) >= 11 is 0. The normalized spacial score (nSPS) is 10.8. The van der Waals surface area contributed by atoms with Crippen molar-refractivity contribution in [3.05, 3.63) is 80.9 Å². The molecule has 0 N–H and O–H groups in total. The van der Waals surface area contributed by atoms with E-state index in [0.717, 1.165) is 0 Å². The van der Waals surface area contributed by atoms with Gasteiger partial charge in [-0.3, -0.25) is 24.3 Å². The summed E-state index contributed by atoms with van der Waals surface area (Å²) in [6.45, 7) is 0.537. The Kier molecular flexibility index (Phi) is 5.78. The highest BCUT2D eigenvalue weighted by molar-refractivity contribution is 5.77. The van der Waals surface area contributed by atoms with Crippen molar-refractivity contribution in [3.63, 3.8) is 0 Å². The largest absolute Gasteiger partial charge is 0.341 e. The van der Waals surface area contributed by atoms with Crippen LogP contribution in [0.15, 0.2) is 59.7 Å². The summed E-state index contributed by atoms with van der Waals surface area (Å²) in [6.07, 6.45) is 2.20. The van der Waals surface area contributed by atoms with E-state index in [1.54, 1.807) is 43.4 Å². The predicted octanol–water partition coefficient (Wildman–Crippen LogP) is 2.74. The Hall–Kier alpha value is -3.55. The molecule has 8 heteroatoms. The molecule has 0 aliphatic heterocycles. The van der Waals surface area contributed by atoms with E-state index >= 15 is 0 Å². The van der Waals surface area contributed by atoms with Gasteiger partial charge in [0.1, 0.15) is 0 Å². The van der Waals surface area contributed by atoms with Gasteiger partial charge in [0.25, 0.3) is 11.2 Å². The van der Waals surface area contributed by atoms with Gasteiger partial charge in [0, 0.05) is 31.6 Å². The number of amides is 1. The second-order valence-electron chi connectivity index (χ2n) is 6.50. The molecule has 0 unspecified atom stereocenters. The van der Waals surface area contributed by atoms with Gasteiger partial charge in [-0.15, -0.1) is 0 Å². The fraction of sp³-hybridized carbons (Fsp3) is 0.250. The average molecular weight is 380 g/mol. The first kappa shape index (κ1) is 19.2. The second kappa shape index (κ2) is 8.43. The highest BCUT2D eigenvalue weighted by atomic mass is 16.6. The third-order valence-electron chi connectivity index (χ3n) is 4.54. The van der Waals surface area contributed by atoms with Crippen LogP contribution in [-0.4, -0.2) is 32.3 Å². The summed E-state index contributed by atoms with van der Waals surface area (Å²) < 4.78 is 1.50. The molecule has 1 amide bonds. The lowest BCUT2D eigenvalue weighted by molar-refractivity contribution is -0.385. The Morgan fingerprint density at radius 2 is 1.89 bits per heavy atom. The number of benzene rings is 2. The first-order valence-corrected chi connectivity index (χ1v) is 8.88. The van der Waals surface area contributed by atoms with Gasteiger partial charge < -0.3 is 4.90 Å². The van der Waals surface area contributed by atoms with Crippen molar-refractivity contribution in [1.82, 2.24) is 14.5 Å². The number of rotatable bonds is 7. The Morgan fingerprint density at radius 1 is 1.18 bits per heavy atom. The molecule has 1 aromatic heterocycles. The van der Waals surface area contributed by atoms with Crippen LogP contribution >= 0.6 is 0 Å². The monoisotopic (exact) mass is 380 g/mol. The number of nitro groups is 1. The molecule has 3 rings (SSSR count). The van der Waals surface area contributed by atoms with Crippen LogP contribution in [0.25, 0.3) is 10.9 Å². The maximum absolute atomic E-state index is 12.4.